The molecule has 2 heterocycles. The lowest BCUT2D eigenvalue weighted by molar-refractivity contribution is 0.249. The molecule has 25 heavy (non-hydrogen) atoms. The molecule has 2 amide bonds. The second kappa shape index (κ2) is 8.48. The molecule has 6 heteroatoms. The number of anilines is 1. The van der Waals surface area contributed by atoms with Gasteiger partial charge in [-0.1, -0.05) is 18.2 Å². The van der Waals surface area contributed by atoms with Gasteiger partial charge in [-0.3, -0.25) is 9.88 Å². The average Bonchev–Trinajstić information content (AvgIpc) is 3.09. The van der Waals surface area contributed by atoms with Crippen LogP contribution >= 0.6 is 0 Å². The number of likely N-dealkylation sites (tertiary alicyclic amines) is 1. The summed E-state index contributed by atoms with van der Waals surface area (Å²) in [5.41, 5.74) is 1.90. The van der Waals surface area contributed by atoms with Gasteiger partial charge < -0.3 is 15.4 Å². The third kappa shape index (κ3) is 4.93. The summed E-state index contributed by atoms with van der Waals surface area (Å²) >= 11 is 0. The van der Waals surface area contributed by atoms with Gasteiger partial charge in [-0.25, -0.2) is 4.79 Å². The third-order valence-corrected chi connectivity index (χ3v) is 4.41. The average molecular weight is 340 g/mol. The van der Waals surface area contributed by atoms with E-state index in [0.717, 1.165) is 26.1 Å². The highest BCUT2D eigenvalue weighted by Crippen LogP contribution is 2.23. The SMILES string of the molecule is COc1ccccc1NC(=O)NC[C@H]1CCN(Cc2cccnc2)C1. The third-order valence-electron chi connectivity index (χ3n) is 4.41. The first-order chi connectivity index (χ1) is 12.2. The van der Waals surface area contributed by atoms with Crippen molar-refractivity contribution in [2.45, 2.75) is 13.0 Å². The number of rotatable bonds is 6. The molecule has 2 aromatic rings. The summed E-state index contributed by atoms with van der Waals surface area (Å²) in [7, 11) is 1.59. The molecule has 6 nitrogen and oxygen atoms in total. The minimum Gasteiger partial charge on any atom is -0.495 e. The quantitative estimate of drug-likeness (QED) is 0.848. The van der Waals surface area contributed by atoms with Crippen LogP contribution in [0, 0.1) is 5.92 Å². The summed E-state index contributed by atoms with van der Waals surface area (Å²) in [6, 6.07) is 11.2. The highest BCUT2D eigenvalue weighted by atomic mass is 16.5. The van der Waals surface area contributed by atoms with Gasteiger partial charge in [0.05, 0.1) is 12.8 Å². The topological polar surface area (TPSA) is 66.5 Å². The van der Waals surface area contributed by atoms with E-state index < -0.39 is 0 Å². The Kier molecular flexibility index (Phi) is 5.85. The van der Waals surface area contributed by atoms with Crippen molar-refractivity contribution in [2.75, 3.05) is 32.1 Å². The molecule has 1 saturated heterocycles. The second-order valence-corrected chi connectivity index (χ2v) is 6.29. The summed E-state index contributed by atoms with van der Waals surface area (Å²) in [5, 5.41) is 5.80. The Labute approximate surface area is 148 Å². The van der Waals surface area contributed by atoms with Gasteiger partial charge >= 0.3 is 6.03 Å². The van der Waals surface area contributed by atoms with Gasteiger partial charge in [0, 0.05) is 32.0 Å². The van der Waals surface area contributed by atoms with Crippen molar-refractivity contribution in [1.29, 1.82) is 0 Å². The van der Waals surface area contributed by atoms with Gasteiger partial charge in [0.1, 0.15) is 5.75 Å². The number of carbonyl (C=O) groups excluding carboxylic acids is 1. The van der Waals surface area contributed by atoms with Crippen LogP contribution in [0.3, 0.4) is 0 Å². The largest absolute Gasteiger partial charge is 0.495 e. The molecule has 0 radical (unpaired) electrons. The Hall–Kier alpha value is -2.60. The summed E-state index contributed by atoms with van der Waals surface area (Å²) in [5.74, 6) is 1.13. The van der Waals surface area contributed by atoms with Crippen molar-refractivity contribution in [1.82, 2.24) is 15.2 Å². The van der Waals surface area contributed by atoms with E-state index in [2.05, 4.69) is 26.6 Å². The number of benzene rings is 1. The highest BCUT2D eigenvalue weighted by Gasteiger charge is 2.23. The van der Waals surface area contributed by atoms with E-state index in [1.807, 2.05) is 36.5 Å². The van der Waals surface area contributed by atoms with Crippen LogP contribution in [-0.4, -0.2) is 42.7 Å². The molecular weight excluding hydrogens is 316 g/mol. The van der Waals surface area contributed by atoms with Crippen LogP contribution in [0.1, 0.15) is 12.0 Å². The zero-order valence-corrected chi connectivity index (χ0v) is 14.4. The minimum atomic E-state index is -0.199. The van der Waals surface area contributed by atoms with E-state index in [9.17, 15) is 4.79 Å². The molecule has 0 aliphatic carbocycles. The second-order valence-electron chi connectivity index (χ2n) is 6.29. The monoisotopic (exact) mass is 340 g/mol. The number of nitrogens with one attached hydrogen (secondary N) is 2. The van der Waals surface area contributed by atoms with Gasteiger partial charge in [-0.05, 0) is 42.6 Å². The van der Waals surface area contributed by atoms with E-state index in [4.69, 9.17) is 4.74 Å². The number of nitrogens with zero attached hydrogens (tertiary/aromatic N) is 2. The van der Waals surface area contributed by atoms with Gasteiger partial charge in [0.25, 0.3) is 0 Å². The zero-order valence-electron chi connectivity index (χ0n) is 14.4. The van der Waals surface area contributed by atoms with Crippen LogP contribution < -0.4 is 15.4 Å². The molecule has 132 valence electrons. The zero-order chi connectivity index (χ0) is 17.5. The van der Waals surface area contributed by atoms with E-state index in [-0.39, 0.29) is 6.03 Å². The molecule has 0 spiro atoms. The first-order valence-corrected chi connectivity index (χ1v) is 8.53. The fourth-order valence-corrected chi connectivity index (χ4v) is 3.12. The fourth-order valence-electron chi connectivity index (χ4n) is 3.12. The lowest BCUT2D eigenvalue weighted by Gasteiger charge is -2.16. The number of methoxy groups -OCH3 is 1. The number of hydrogen-bond acceptors (Lipinski definition) is 4. The number of amides is 2. The van der Waals surface area contributed by atoms with Gasteiger partial charge in [0.2, 0.25) is 0 Å². The molecule has 1 aliphatic heterocycles. The first-order valence-electron chi connectivity index (χ1n) is 8.53. The molecule has 1 aromatic carbocycles. The van der Waals surface area contributed by atoms with Gasteiger partial charge in [0.15, 0.2) is 0 Å². The molecule has 1 fully saturated rings. The number of pyridine rings is 1. The normalized spacial score (nSPS) is 17.2. The van der Waals surface area contributed by atoms with E-state index in [1.54, 1.807) is 13.3 Å². The first kappa shape index (κ1) is 17.2. The van der Waals surface area contributed by atoms with E-state index in [1.165, 1.54) is 5.56 Å². The molecule has 3 rings (SSSR count). The van der Waals surface area contributed by atoms with Crippen molar-refractivity contribution in [2.24, 2.45) is 5.92 Å². The molecule has 1 aromatic heterocycles. The molecule has 1 aliphatic rings. The van der Waals surface area contributed by atoms with Crippen LogP contribution in [0.15, 0.2) is 48.8 Å². The molecule has 0 unspecified atom stereocenters. The Balaban J connectivity index is 1.42. The smallest absolute Gasteiger partial charge is 0.319 e. The maximum atomic E-state index is 12.1. The summed E-state index contributed by atoms with van der Waals surface area (Å²) in [6.45, 7) is 3.63. The Morgan fingerprint density at radius 1 is 1.32 bits per heavy atom. The molecule has 1 atom stereocenters. The lowest BCUT2D eigenvalue weighted by atomic mass is 10.1. The number of urea groups is 1. The van der Waals surface area contributed by atoms with Crippen molar-refractivity contribution in [3.63, 3.8) is 0 Å². The number of ether oxygens (including phenoxy) is 1. The Morgan fingerprint density at radius 2 is 2.20 bits per heavy atom. The van der Waals surface area contributed by atoms with Gasteiger partial charge in [-0.15, -0.1) is 0 Å². The summed E-state index contributed by atoms with van der Waals surface area (Å²) in [6.07, 6.45) is 4.79. The van der Waals surface area contributed by atoms with Crippen LogP contribution in [-0.2, 0) is 6.54 Å². The maximum Gasteiger partial charge on any atom is 0.319 e. The summed E-state index contributed by atoms with van der Waals surface area (Å²) in [4.78, 5) is 18.7. The van der Waals surface area contributed by atoms with Crippen molar-refractivity contribution < 1.29 is 9.53 Å². The van der Waals surface area contributed by atoms with Gasteiger partial charge in [-0.2, -0.15) is 0 Å². The predicted molar refractivity (Wildman–Crippen MR) is 97.6 cm³/mol. The van der Waals surface area contributed by atoms with Crippen LogP contribution in [0.4, 0.5) is 10.5 Å². The molecule has 0 bridgehead atoms. The minimum absolute atomic E-state index is 0.199. The standard InChI is InChI=1S/C19H24N4O2/c1-25-18-7-3-2-6-17(18)22-19(24)21-12-16-8-10-23(14-16)13-15-5-4-9-20-11-15/h2-7,9,11,16H,8,10,12-14H2,1H3,(H2,21,22,24)/t16-/m1/s1. The lowest BCUT2D eigenvalue weighted by Crippen LogP contribution is -2.34. The van der Waals surface area contributed by atoms with E-state index >= 15 is 0 Å². The summed E-state index contributed by atoms with van der Waals surface area (Å²) < 4.78 is 5.24. The fraction of sp³-hybridized carbons (Fsp3) is 0.368. The molecule has 2 N–H and O–H groups in total. The van der Waals surface area contributed by atoms with Crippen LogP contribution in [0.25, 0.3) is 0 Å². The van der Waals surface area contributed by atoms with E-state index in [0.29, 0.717) is 23.9 Å². The highest BCUT2D eigenvalue weighted by molar-refractivity contribution is 5.90. The van der Waals surface area contributed by atoms with Crippen molar-refractivity contribution in [3.8, 4) is 5.75 Å². The Morgan fingerprint density at radius 3 is 3.00 bits per heavy atom. The maximum absolute atomic E-state index is 12.1. The van der Waals surface area contributed by atoms with Crippen molar-refractivity contribution in [3.05, 3.63) is 54.4 Å². The van der Waals surface area contributed by atoms with Crippen LogP contribution in [0.5, 0.6) is 5.75 Å². The molecule has 0 saturated carbocycles. The number of hydrogen-bond donors (Lipinski definition) is 2. The molecular formula is C19H24N4O2. The number of para-hydroxylation sites is 2. The predicted octanol–water partition coefficient (Wildman–Crippen LogP) is 2.73. The van der Waals surface area contributed by atoms with Crippen LogP contribution in [0.2, 0.25) is 0 Å². The number of aromatic nitrogens is 1. The van der Waals surface area contributed by atoms with Crippen molar-refractivity contribution >= 4 is 11.7 Å². The number of carbonyl (C=O) groups is 1. The Bertz CT molecular complexity index is 693.